The first-order valence-electron chi connectivity index (χ1n) is 7.58. The summed E-state index contributed by atoms with van der Waals surface area (Å²) in [4.78, 5) is 34.3. The third-order valence-electron chi connectivity index (χ3n) is 4.41. The fourth-order valence-electron chi connectivity index (χ4n) is 3.29. The van der Waals surface area contributed by atoms with Crippen LogP contribution in [-0.2, 0) is 11.0 Å². The molecule has 2 aliphatic heterocycles. The second-order valence-electron chi connectivity index (χ2n) is 5.69. The van der Waals surface area contributed by atoms with Crippen LogP contribution in [0.5, 0.6) is 0 Å². The molecule has 25 heavy (non-hydrogen) atoms. The average Bonchev–Trinajstić information content (AvgIpc) is 2.74. The molecule has 0 aliphatic carbocycles. The molecular formula is C14H17ClF3N5O2. The largest absolute Gasteiger partial charge is 0.451 e. The summed E-state index contributed by atoms with van der Waals surface area (Å²) in [5.74, 6) is -2.25. The van der Waals surface area contributed by atoms with Gasteiger partial charge in [-0.1, -0.05) is 0 Å². The summed E-state index contributed by atoms with van der Waals surface area (Å²) in [6.45, 7) is 3.14. The molecule has 0 unspecified atom stereocenters. The zero-order valence-electron chi connectivity index (χ0n) is 13.3. The van der Waals surface area contributed by atoms with E-state index in [9.17, 15) is 22.8 Å². The van der Waals surface area contributed by atoms with Crippen molar-refractivity contribution in [3.63, 3.8) is 0 Å². The van der Waals surface area contributed by atoms with Gasteiger partial charge in [-0.15, -0.1) is 12.4 Å². The zero-order chi connectivity index (χ0) is 17.5. The fourth-order valence-corrected chi connectivity index (χ4v) is 3.29. The Morgan fingerprint density at radius 3 is 2.48 bits per heavy atom. The van der Waals surface area contributed by atoms with Gasteiger partial charge in [0.2, 0.25) is 5.82 Å². The molecule has 138 valence electrons. The van der Waals surface area contributed by atoms with Gasteiger partial charge in [0.25, 0.3) is 5.91 Å². The molecule has 0 aromatic carbocycles. The summed E-state index contributed by atoms with van der Waals surface area (Å²) < 4.78 is 38.4. The SMILES string of the molecule is CCN1C(=O)N(c2ccnc(C(F)(F)F)n2)C(=O)C12CCNCC2.Cl. The molecule has 2 saturated heterocycles. The number of nitrogens with one attached hydrogen (secondary N) is 1. The van der Waals surface area contributed by atoms with Gasteiger partial charge in [-0.05, 0) is 32.9 Å². The number of nitrogens with zero attached hydrogens (tertiary/aromatic N) is 4. The molecule has 0 atom stereocenters. The first-order valence-corrected chi connectivity index (χ1v) is 7.58. The predicted octanol–water partition coefficient (Wildman–Crippen LogP) is 1.83. The molecule has 3 rings (SSSR count). The normalized spacial score (nSPS) is 20.2. The third kappa shape index (κ3) is 3.04. The summed E-state index contributed by atoms with van der Waals surface area (Å²) in [6, 6.07) is 0.495. The number of amides is 3. The lowest BCUT2D eigenvalue weighted by molar-refractivity contribution is -0.145. The van der Waals surface area contributed by atoms with E-state index in [0.29, 0.717) is 25.9 Å². The number of anilines is 1. The number of carbonyl (C=O) groups is 2. The van der Waals surface area contributed by atoms with Crippen LogP contribution in [0.1, 0.15) is 25.6 Å². The first-order chi connectivity index (χ1) is 11.3. The standard InChI is InChI=1S/C14H16F3N5O2.ClH/c1-2-21-12(24)22(11(23)13(21)4-7-18-8-5-13)9-3-6-19-10(20-9)14(15,16)17;/h3,6,18H,2,4-5,7-8H2,1H3;1H. The van der Waals surface area contributed by atoms with Crippen LogP contribution in [0.15, 0.2) is 12.3 Å². The van der Waals surface area contributed by atoms with Crippen LogP contribution in [0.3, 0.4) is 0 Å². The van der Waals surface area contributed by atoms with Crippen molar-refractivity contribution in [3.05, 3.63) is 18.1 Å². The molecule has 1 spiro atoms. The molecule has 2 aliphatic rings. The minimum Gasteiger partial charge on any atom is -0.317 e. The van der Waals surface area contributed by atoms with Gasteiger partial charge >= 0.3 is 12.2 Å². The molecular weight excluding hydrogens is 363 g/mol. The predicted molar refractivity (Wildman–Crippen MR) is 84.4 cm³/mol. The molecule has 0 radical (unpaired) electrons. The summed E-state index contributed by atoms with van der Waals surface area (Å²) in [6.07, 6.45) is -3.02. The number of likely N-dealkylation sites (N-methyl/N-ethyl adjacent to an activating group) is 1. The zero-order valence-corrected chi connectivity index (χ0v) is 14.2. The highest BCUT2D eigenvalue weighted by molar-refractivity contribution is 6.22. The average molecular weight is 380 g/mol. The number of alkyl halides is 3. The second kappa shape index (κ2) is 6.75. The number of piperidine rings is 1. The lowest BCUT2D eigenvalue weighted by Crippen LogP contribution is -2.55. The van der Waals surface area contributed by atoms with Gasteiger partial charge in [-0.3, -0.25) is 4.79 Å². The van der Waals surface area contributed by atoms with Crippen LogP contribution in [0.4, 0.5) is 23.8 Å². The van der Waals surface area contributed by atoms with E-state index in [4.69, 9.17) is 0 Å². The van der Waals surface area contributed by atoms with Crippen LogP contribution < -0.4 is 10.2 Å². The van der Waals surface area contributed by atoms with E-state index < -0.39 is 29.5 Å². The van der Waals surface area contributed by atoms with Crippen molar-refractivity contribution in [1.29, 1.82) is 0 Å². The van der Waals surface area contributed by atoms with Gasteiger partial charge in [0.15, 0.2) is 0 Å². The summed E-state index contributed by atoms with van der Waals surface area (Å²) in [5, 5.41) is 3.12. The highest BCUT2D eigenvalue weighted by atomic mass is 35.5. The van der Waals surface area contributed by atoms with Crippen molar-refractivity contribution in [2.45, 2.75) is 31.5 Å². The Balaban J connectivity index is 0.00000225. The van der Waals surface area contributed by atoms with E-state index in [-0.39, 0.29) is 24.8 Å². The van der Waals surface area contributed by atoms with Crippen molar-refractivity contribution < 1.29 is 22.8 Å². The van der Waals surface area contributed by atoms with Crippen molar-refractivity contribution in [2.75, 3.05) is 24.5 Å². The molecule has 1 N–H and O–H groups in total. The lowest BCUT2D eigenvalue weighted by atomic mass is 9.87. The van der Waals surface area contributed by atoms with Gasteiger partial charge in [-0.2, -0.15) is 13.2 Å². The Hall–Kier alpha value is -1.94. The van der Waals surface area contributed by atoms with Gasteiger partial charge in [0.1, 0.15) is 11.4 Å². The number of urea groups is 1. The molecule has 0 saturated carbocycles. The van der Waals surface area contributed by atoms with E-state index in [1.807, 2.05) is 0 Å². The topological polar surface area (TPSA) is 78.4 Å². The van der Waals surface area contributed by atoms with Crippen LogP contribution in [-0.4, -0.2) is 52.0 Å². The number of rotatable bonds is 2. The van der Waals surface area contributed by atoms with Crippen molar-refractivity contribution in [1.82, 2.24) is 20.2 Å². The van der Waals surface area contributed by atoms with Gasteiger partial charge in [-0.25, -0.2) is 19.7 Å². The van der Waals surface area contributed by atoms with Crippen LogP contribution in [0.2, 0.25) is 0 Å². The van der Waals surface area contributed by atoms with Gasteiger partial charge < -0.3 is 10.2 Å². The number of hydrogen-bond acceptors (Lipinski definition) is 5. The Morgan fingerprint density at radius 2 is 1.92 bits per heavy atom. The van der Waals surface area contributed by atoms with E-state index in [0.717, 1.165) is 17.2 Å². The minimum atomic E-state index is -4.75. The van der Waals surface area contributed by atoms with E-state index >= 15 is 0 Å². The maximum Gasteiger partial charge on any atom is 0.451 e. The van der Waals surface area contributed by atoms with Crippen molar-refractivity contribution in [2.24, 2.45) is 0 Å². The van der Waals surface area contributed by atoms with E-state index in [2.05, 4.69) is 15.3 Å². The Morgan fingerprint density at radius 1 is 1.28 bits per heavy atom. The number of halogens is 4. The summed E-state index contributed by atoms with van der Waals surface area (Å²) in [5.41, 5.74) is -1.01. The van der Waals surface area contributed by atoms with Crippen LogP contribution in [0.25, 0.3) is 0 Å². The number of hydrogen-bond donors (Lipinski definition) is 1. The third-order valence-corrected chi connectivity index (χ3v) is 4.41. The molecule has 11 heteroatoms. The molecule has 7 nitrogen and oxygen atoms in total. The highest BCUT2D eigenvalue weighted by Gasteiger charge is 2.57. The number of imide groups is 1. The molecule has 2 fully saturated rings. The molecule has 1 aromatic heterocycles. The number of aromatic nitrogens is 2. The quantitative estimate of drug-likeness (QED) is 0.793. The maximum atomic E-state index is 12.9. The molecule has 1 aromatic rings. The number of carbonyl (C=O) groups excluding carboxylic acids is 2. The fraction of sp³-hybridized carbons (Fsp3) is 0.571. The van der Waals surface area contributed by atoms with E-state index in [1.54, 1.807) is 6.92 Å². The molecule has 3 heterocycles. The monoisotopic (exact) mass is 379 g/mol. The lowest BCUT2D eigenvalue weighted by Gasteiger charge is -2.37. The summed E-state index contributed by atoms with van der Waals surface area (Å²) in [7, 11) is 0. The minimum absolute atomic E-state index is 0. The van der Waals surface area contributed by atoms with Gasteiger partial charge in [0.05, 0.1) is 0 Å². The first kappa shape index (κ1) is 19.4. The Bertz CT molecular complexity index is 679. The van der Waals surface area contributed by atoms with Crippen LogP contribution in [0, 0.1) is 0 Å². The maximum absolute atomic E-state index is 12.9. The van der Waals surface area contributed by atoms with E-state index in [1.165, 1.54) is 4.90 Å². The Kier molecular flexibility index (Phi) is 5.24. The second-order valence-corrected chi connectivity index (χ2v) is 5.69. The Labute approximate surface area is 148 Å². The van der Waals surface area contributed by atoms with Crippen molar-refractivity contribution in [3.8, 4) is 0 Å². The van der Waals surface area contributed by atoms with Gasteiger partial charge in [0, 0.05) is 18.8 Å². The highest BCUT2D eigenvalue weighted by Crippen LogP contribution is 2.37. The smallest absolute Gasteiger partial charge is 0.317 e. The molecule has 3 amide bonds. The van der Waals surface area contributed by atoms with Crippen molar-refractivity contribution >= 4 is 30.2 Å². The molecule has 0 bridgehead atoms. The van der Waals surface area contributed by atoms with Crippen LogP contribution >= 0.6 is 12.4 Å². The summed E-state index contributed by atoms with van der Waals surface area (Å²) >= 11 is 0.